The molecule has 23 heavy (non-hydrogen) atoms. The van der Waals surface area contributed by atoms with Gasteiger partial charge in [0.1, 0.15) is 11.6 Å². The van der Waals surface area contributed by atoms with E-state index in [0.29, 0.717) is 0 Å². The predicted molar refractivity (Wildman–Crippen MR) is 88.7 cm³/mol. The second kappa shape index (κ2) is 9.37. The summed E-state index contributed by atoms with van der Waals surface area (Å²) < 4.78 is 5.24. The molecule has 3 amide bonds. The van der Waals surface area contributed by atoms with E-state index in [2.05, 4.69) is 18.0 Å². The summed E-state index contributed by atoms with van der Waals surface area (Å²) in [6, 6.07) is -0.269. The highest BCUT2D eigenvalue weighted by atomic mass is 16.6. The lowest BCUT2D eigenvalue weighted by Crippen LogP contribution is -2.52. The molecule has 0 aromatic heterocycles. The van der Waals surface area contributed by atoms with Crippen LogP contribution in [-0.2, 0) is 14.3 Å². The molecule has 0 radical (unpaired) electrons. The Bertz CT molecular complexity index is 405. The molecule has 1 heterocycles. The van der Waals surface area contributed by atoms with Crippen LogP contribution < -0.4 is 11.1 Å². The quantitative estimate of drug-likeness (QED) is 0.769. The van der Waals surface area contributed by atoms with Gasteiger partial charge in [-0.1, -0.05) is 13.8 Å². The van der Waals surface area contributed by atoms with Gasteiger partial charge in [-0.3, -0.25) is 9.59 Å². The van der Waals surface area contributed by atoms with E-state index in [1.807, 2.05) is 18.7 Å². The van der Waals surface area contributed by atoms with E-state index in [4.69, 9.17) is 9.53 Å². The van der Waals surface area contributed by atoms with E-state index in [0.717, 1.165) is 19.4 Å². The Morgan fingerprint density at radius 2 is 1.87 bits per heavy atom. The highest BCUT2D eigenvalue weighted by Gasteiger charge is 2.34. The lowest BCUT2D eigenvalue weighted by atomic mass is 10.0. The van der Waals surface area contributed by atoms with E-state index < -0.39 is 17.7 Å². The van der Waals surface area contributed by atoms with Gasteiger partial charge in [0, 0.05) is 12.6 Å². The third-order valence-corrected chi connectivity index (χ3v) is 3.44. The van der Waals surface area contributed by atoms with Gasteiger partial charge in [-0.25, -0.2) is 4.79 Å². The number of carbonyl (C=O) groups excluding carboxylic acids is 3. The second-order valence-electron chi connectivity index (χ2n) is 7.03. The number of hydrogen-bond acceptors (Lipinski definition) is 4. The number of nitrogens with zero attached hydrogens (tertiary/aromatic N) is 1. The Morgan fingerprint density at radius 1 is 1.35 bits per heavy atom. The molecule has 2 atom stereocenters. The van der Waals surface area contributed by atoms with Gasteiger partial charge in [0.15, 0.2) is 0 Å². The monoisotopic (exact) mass is 329 g/mol. The molecule has 7 nitrogen and oxygen atoms in total. The number of carbonyl (C=O) groups is 3. The van der Waals surface area contributed by atoms with Crippen LogP contribution in [0.5, 0.6) is 0 Å². The van der Waals surface area contributed by atoms with E-state index in [-0.39, 0.29) is 24.3 Å². The van der Waals surface area contributed by atoms with Crippen LogP contribution in [0.1, 0.15) is 54.4 Å². The smallest absolute Gasteiger partial charge is 0.408 e. The van der Waals surface area contributed by atoms with Crippen molar-refractivity contribution >= 4 is 18.4 Å². The van der Waals surface area contributed by atoms with Crippen molar-refractivity contribution in [3.63, 3.8) is 0 Å². The largest absolute Gasteiger partial charge is 0.444 e. The maximum absolute atomic E-state index is 12.6. The molecule has 0 spiro atoms. The first kappa shape index (κ1) is 21.2. The van der Waals surface area contributed by atoms with E-state index in [1.165, 1.54) is 0 Å². The number of nitrogens with one attached hydrogen (secondary N) is 1. The minimum Gasteiger partial charge on any atom is -0.444 e. The fourth-order valence-corrected chi connectivity index (χ4v) is 2.39. The van der Waals surface area contributed by atoms with Gasteiger partial charge in [-0.15, -0.1) is 0 Å². The SMILES string of the molecule is CC(C)C(NC(=O)OC(C)(C)C)C(=O)N1CCCC1C.NC=O. The van der Waals surface area contributed by atoms with Gasteiger partial charge in [0.2, 0.25) is 12.3 Å². The molecule has 134 valence electrons. The molecule has 0 bridgehead atoms. The number of ether oxygens (including phenoxy) is 1. The van der Waals surface area contributed by atoms with Crippen LogP contribution in [0, 0.1) is 5.92 Å². The Balaban J connectivity index is 0.00000149. The van der Waals surface area contributed by atoms with Crippen LogP contribution in [0.4, 0.5) is 4.79 Å². The van der Waals surface area contributed by atoms with Crippen molar-refractivity contribution in [2.24, 2.45) is 11.7 Å². The fraction of sp³-hybridized carbons (Fsp3) is 0.812. The van der Waals surface area contributed by atoms with Gasteiger partial charge < -0.3 is 20.7 Å². The molecular formula is C16H31N3O4. The average molecular weight is 329 g/mol. The third-order valence-electron chi connectivity index (χ3n) is 3.44. The Morgan fingerprint density at radius 3 is 2.22 bits per heavy atom. The fourth-order valence-electron chi connectivity index (χ4n) is 2.39. The van der Waals surface area contributed by atoms with Crippen LogP contribution in [0.2, 0.25) is 0 Å². The zero-order valence-electron chi connectivity index (χ0n) is 15.1. The van der Waals surface area contributed by atoms with E-state index in [1.54, 1.807) is 20.8 Å². The standard InChI is InChI=1S/C15H28N2O3.CH3NO/c1-10(2)12(16-14(19)20-15(4,5)6)13(18)17-9-7-8-11(17)3;2-1-3/h10-12H,7-9H2,1-6H3,(H,16,19);1H,(H2,2,3). The number of amides is 3. The molecule has 1 rings (SSSR count). The number of alkyl carbamates (subject to hydrolysis) is 1. The first-order chi connectivity index (χ1) is 10.5. The maximum atomic E-state index is 12.6. The summed E-state index contributed by atoms with van der Waals surface area (Å²) in [4.78, 5) is 34.9. The highest BCUT2D eigenvalue weighted by Crippen LogP contribution is 2.19. The molecule has 0 saturated carbocycles. The van der Waals surface area contributed by atoms with Crippen LogP contribution in [0.3, 0.4) is 0 Å². The highest BCUT2D eigenvalue weighted by molar-refractivity contribution is 5.86. The summed E-state index contributed by atoms with van der Waals surface area (Å²) in [5, 5.41) is 2.72. The molecule has 0 aromatic carbocycles. The normalized spacial score (nSPS) is 18.7. The van der Waals surface area contributed by atoms with Crippen LogP contribution in [0.15, 0.2) is 0 Å². The minimum atomic E-state index is -0.560. The van der Waals surface area contributed by atoms with Crippen molar-refractivity contribution in [2.45, 2.75) is 72.1 Å². The van der Waals surface area contributed by atoms with E-state index >= 15 is 0 Å². The zero-order valence-corrected chi connectivity index (χ0v) is 15.1. The number of rotatable bonds is 3. The van der Waals surface area contributed by atoms with E-state index in [9.17, 15) is 9.59 Å². The summed E-state index contributed by atoms with van der Waals surface area (Å²) in [6.45, 7) is 12.1. The summed E-state index contributed by atoms with van der Waals surface area (Å²) in [7, 11) is 0. The third kappa shape index (κ3) is 7.85. The van der Waals surface area contributed by atoms with Crippen molar-refractivity contribution in [1.82, 2.24) is 10.2 Å². The first-order valence-electron chi connectivity index (χ1n) is 7.98. The Hall–Kier alpha value is -1.79. The van der Waals surface area contributed by atoms with Crippen LogP contribution in [-0.4, -0.2) is 47.5 Å². The molecule has 3 N–H and O–H groups in total. The van der Waals surface area contributed by atoms with Gasteiger partial charge >= 0.3 is 6.09 Å². The molecule has 1 aliphatic heterocycles. The summed E-state index contributed by atoms with van der Waals surface area (Å²) in [5.74, 6) is 0.0266. The predicted octanol–water partition coefficient (Wildman–Crippen LogP) is 1.65. The zero-order chi connectivity index (χ0) is 18.2. The number of hydrogen-bond donors (Lipinski definition) is 2. The molecule has 7 heteroatoms. The number of primary amides is 1. The molecule has 1 fully saturated rings. The van der Waals surface area contributed by atoms with Gasteiger partial charge in [0.25, 0.3) is 0 Å². The Kier molecular flexibility index (Phi) is 8.64. The van der Waals surface area contributed by atoms with Crippen molar-refractivity contribution in [3.05, 3.63) is 0 Å². The Labute approximate surface area is 138 Å². The molecule has 2 unspecified atom stereocenters. The van der Waals surface area contributed by atoms with Crippen molar-refractivity contribution in [1.29, 1.82) is 0 Å². The van der Waals surface area contributed by atoms with Gasteiger partial charge in [-0.2, -0.15) is 0 Å². The number of likely N-dealkylation sites (tertiary alicyclic amines) is 1. The maximum Gasteiger partial charge on any atom is 0.408 e. The lowest BCUT2D eigenvalue weighted by Gasteiger charge is -2.30. The molecule has 0 aliphatic carbocycles. The van der Waals surface area contributed by atoms with Gasteiger partial charge in [0.05, 0.1) is 0 Å². The summed E-state index contributed by atoms with van der Waals surface area (Å²) >= 11 is 0. The summed E-state index contributed by atoms with van der Waals surface area (Å²) in [5.41, 5.74) is 3.61. The first-order valence-corrected chi connectivity index (χ1v) is 7.98. The van der Waals surface area contributed by atoms with Crippen molar-refractivity contribution < 1.29 is 19.1 Å². The van der Waals surface area contributed by atoms with Crippen molar-refractivity contribution in [2.75, 3.05) is 6.54 Å². The molecule has 0 aromatic rings. The lowest BCUT2D eigenvalue weighted by molar-refractivity contribution is -0.135. The second-order valence-corrected chi connectivity index (χ2v) is 7.03. The molecule has 1 saturated heterocycles. The minimum absolute atomic E-state index is 0.00383. The molecular weight excluding hydrogens is 298 g/mol. The molecule has 1 aliphatic rings. The topological polar surface area (TPSA) is 102 Å². The van der Waals surface area contributed by atoms with Crippen LogP contribution in [0.25, 0.3) is 0 Å². The average Bonchev–Trinajstić information content (AvgIpc) is 2.80. The van der Waals surface area contributed by atoms with Crippen molar-refractivity contribution in [3.8, 4) is 0 Å². The number of nitrogens with two attached hydrogens (primary N) is 1. The van der Waals surface area contributed by atoms with Gasteiger partial charge in [-0.05, 0) is 46.5 Å². The summed E-state index contributed by atoms with van der Waals surface area (Å²) in [6.07, 6.45) is 1.78. The van der Waals surface area contributed by atoms with Crippen LogP contribution >= 0.6 is 0 Å².